The third-order valence-electron chi connectivity index (χ3n) is 2.54. The van der Waals surface area contributed by atoms with Crippen LogP contribution in [0.2, 0.25) is 0 Å². The number of pyridine rings is 2. The molecule has 0 atom stereocenters. The van der Waals surface area contributed by atoms with E-state index in [9.17, 15) is 25.0 Å². The standard InChI is InChI=1S/C11H8N4O5/c1-7-2-3-12-10(4-7)13-6-8(14(17)18)5-9(11(13)16)15(19)20/h2-6H,1H3. The summed E-state index contributed by atoms with van der Waals surface area (Å²) in [6.07, 6.45) is 2.32. The van der Waals surface area contributed by atoms with Crippen LogP contribution < -0.4 is 5.56 Å². The van der Waals surface area contributed by atoms with Gasteiger partial charge in [0.15, 0.2) is 0 Å². The van der Waals surface area contributed by atoms with Crippen LogP contribution >= 0.6 is 0 Å². The van der Waals surface area contributed by atoms with Crippen molar-refractivity contribution in [2.24, 2.45) is 0 Å². The minimum absolute atomic E-state index is 0.0850. The molecule has 0 saturated heterocycles. The third-order valence-corrected chi connectivity index (χ3v) is 2.54. The SMILES string of the molecule is Cc1ccnc(-n2cc([N+](=O)[O-])cc([N+](=O)[O-])c2=O)c1. The van der Waals surface area contributed by atoms with E-state index in [4.69, 9.17) is 0 Å². The van der Waals surface area contributed by atoms with Crippen molar-refractivity contribution in [2.75, 3.05) is 0 Å². The Morgan fingerprint density at radius 3 is 2.45 bits per heavy atom. The molecular weight excluding hydrogens is 268 g/mol. The number of nitro groups is 2. The molecule has 0 aliphatic heterocycles. The number of hydrogen-bond acceptors (Lipinski definition) is 6. The lowest BCUT2D eigenvalue weighted by Crippen LogP contribution is -2.22. The summed E-state index contributed by atoms with van der Waals surface area (Å²) in [5.41, 5.74) is -1.64. The quantitative estimate of drug-likeness (QED) is 0.616. The number of rotatable bonds is 3. The first kappa shape index (κ1) is 13.3. The molecule has 0 aliphatic rings. The van der Waals surface area contributed by atoms with Crippen molar-refractivity contribution in [3.63, 3.8) is 0 Å². The summed E-state index contributed by atoms with van der Waals surface area (Å²) in [5.74, 6) is 0.0850. The lowest BCUT2D eigenvalue weighted by atomic mass is 10.3. The average Bonchev–Trinajstić information content (AvgIpc) is 2.38. The first-order valence-corrected chi connectivity index (χ1v) is 5.38. The zero-order valence-electron chi connectivity index (χ0n) is 10.2. The minimum Gasteiger partial charge on any atom is -0.261 e. The van der Waals surface area contributed by atoms with Crippen molar-refractivity contribution in [3.05, 3.63) is 66.7 Å². The number of aromatic nitrogens is 2. The molecule has 0 unspecified atom stereocenters. The minimum atomic E-state index is -0.973. The lowest BCUT2D eigenvalue weighted by molar-refractivity contribution is -0.395. The molecule has 102 valence electrons. The van der Waals surface area contributed by atoms with Gasteiger partial charge >= 0.3 is 11.2 Å². The fourth-order valence-corrected chi connectivity index (χ4v) is 1.61. The molecule has 2 aromatic rings. The van der Waals surface area contributed by atoms with Crippen LogP contribution in [0, 0.1) is 27.2 Å². The maximum absolute atomic E-state index is 12.0. The van der Waals surface area contributed by atoms with Crippen molar-refractivity contribution in [3.8, 4) is 5.82 Å². The van der Waals surface area contributed by atoms with Crippen LogP contribution in [0.25, 0.3) is 5.82 Å². The van der Waals surface area contributed by atoms with Crippen LogP contribution in [0.3, 0.4) is 0 Å². The fourth-order valence-electron chi connectivity index (χ4n) is 1.61. The molecule has 9 heteroatoms. The van der Waals surface area contributed by atoms with E-state index in [0.717, 1.165) is 16.3 Å². The summed E-state index contributed by atoms with van der Waals surface area (Å²) in [5, 5.41) is 21.6. The van der Waals surface area contributed by atoms with E-state index < -0.39 is 26.8 Å². The van der Waals surface area contributed by atoms with Gasteiger partial charge in [0.05, 0.1) is 16.0 Å². The molecule has 0 spiro atoms. The van der Waals surface area contributed by atoms with E-state index in [2.05, 4.69) is 4.98 Å². The lowest BCUT2D eigenvalue weighted by Gasteiger charge is -2.05. The largest absolute Gasteiger partial charge is 0.341 e. The highest BCUT2D eigenvalue weighted by Gasteiger charge is 2.22. The van der Waals surface area contributed by atoms with Gasteiger partial charge in [0.1, 0.15) is 11.9 Å². The smallest absolute Gasteiger partial charge is 0.261 e. The predicted molar refractivity (Wildman–Crippen MR) is 67.9 cm³/mol. The highest BCUT2D eigenvalue weighted by atomic mass is 16.6. The van der Waals surface area contributed by atoms with Crippen molar-refractivity contribution < 1.29 is 9.85 Å². The molecule has 0 N–H and O–H groups in total. The monoisotopic (exact) mass is 276 g/mol. The summed E-state index contributed by atoms with van der Waals surface area (Å²) in [4.78, 5) is 35.7. The second kappa shape index (κ2) is 4.88. The maximum atomic E-state index is 12.0. The van der Waals surface area contributed by atoms with Crippen molar-refractivity contribution in [1.82, 2.24) is 9.55 Å². The molecule has 9 nitrogen and oxygen atoms in total. The van der Waals surface area contributed by atoms with E-state index in [-0.39, 0.29) is 5.82 Å². The molecule has 0 radical (unpaired) electrons. The Hall–Kier alpha value is -3.10. The van der Waals surface area contributed by atoms with Crippen LogP contribution in [-0.4, -0.2) is 19.4 Å². The highest BCUT2D eigenvalue weighted by Crippen LogP contribution is 2.17. The van der Waals surface area contributed by atoms with E-state index in [1.807, 2.05) is 0 Å². The topological polar surface area (TPSA) is 121 Å². The molecule has 0 fully saturated rings. The van der Waals surface area contributed by atoms with Crippen molar-refractivity contribution in [2.45, 2.75) is 6.92 Å². The van der Waals surface area contributed by atoms with Gasteiger partial charge < -0.3 is 0 Å². The van der Waals surface area contributed by atoms with Gasteiger partial charge in [-0.15, -0.1) is 0 Å². The second-order valence-corrected chi connectivity index (χ2v) is 3.96. The van der Waals surface area contributed by atoms with Crippen LogP contribution in [0.4, 0.5) is 11.4 Å². The first-order valence-electron chi connectivity index (χ1n) is 5.38. The molecule has 2 aromatic heterocycles. The summed E-state index contributed by atoms with van der Waals surface area (Å²) in [6, 6.07) is 3.80. The Kier molecular flexibility index (Phi) is 3.25. The second-order valence-electron chi connectivity index (χ2n) is 3.96. The summed E-state index contributed by atoms with van der Waals surface area (Å²) < 4.78 is 0.795. The molecule has 0 aliphatic carbocycles. The van der Waals surface area contributed by atoms with Gasteiger partial charge in [-0.25, -0.2) is 4.98 Å². The van der Waals surface area contributed by atoms with Crippen LogP contribution in [0.5, 0.6) is 0 Å². The van der Waals surface area contributed by atoms with Gasteiger partial charge in [0.25, 0.3) is 5.69 Å². The Labute approximate surface area is 111 Å². The fraction of sp³-hybridized carbons (Fsp3) is 0.0909. The van der Waals surface area contributed by atoms with E-state index >= 15 is 0 Å². The van der Waals surface area contributed by atoms with Gasteiger partial charge in [-0.1, -0.05) is 0 Å². The number of nitrogens with zero attached hydrogens (tertiary/aromatic N) is 4. The Morgan fingerprint density at radius 1 is 1.20 bits per heavy atom. The first-order chi connectivity index (χ1) is 9.40. The average molecular weight is 276 g/mol. The van der Waals surface area contributed by atoms with Crippen molar-refractivity contribution in [1.29, 1.82) is 0 Å². The Morgan fingerprint density at radius 2 is 1.90 bits per heavy atom. The maximum Gasteiger partial charge on any atom is 0.341 e. The predicted octanol–water partition coefficient (Wildman–Crippen LogP) is 1.36. The number of hydrogen-bond donors (Lipinski definition) is 0. The van der Waals surface area contributed by atoms with E-state index in [0.29, 0.717) is 6.07 Å². The van der Waals surface area contributed by atoms with Gasteiger partial charge in [0, 0.05) is 6.20 Å². The Balaban J connectivity index is 2.78. The van der Waals surface area contributed by atoms with Crippen molar-refractivity contribution >= 4 is 11.4 Å². The molecule has 2 heterocycles. The van der Waals surface area contributed by atoms with Gasteiger partial charge in [0.2, 0.25) is 0 Å². The molecule has 0 aromatic carbocycles. The molecule has 2 rings (SSSR count). The van der Waals surface area contributed by atoms with Gasteiger partial charge in [-0.2, -0.15) is 0 Å². The zero-order valence-corrected chi connectivity index (χ0v) is 10.2. The normalized spacial score (nSPS) is 10.2. The summed E-state index contributed by atoms with van der Waals surface area (Å²) in [7, 11) is 0. The van der Waals surface area contributed by atoms with Crippen LogP contribution in [0.1, 0.15) is 5.56 Å². The highest BCUT2D eigenvalue weighted by molar-refractivity contribution is 5.43. The van der Waals surface area contributed by atoms with E-state index in [1.54, 1.807) is 13.0 Å². The van der Waals surface area contributed by atoms with Gasteiger partial charge in [-0.3, -0.25) is 29.6 Å². The van der Waals surface area contributed by atoms with Crippen LogP contribution in [-0.2, 0) is 0 Å². The molecule has 0 saturated carbocycles. The third kappa shape index (κ3) is 2.36. The summed E-state index contributed by atoms with van der Waals surface area (Å²) >= 11 is 0. The number of aryl methyl sites for hydroxylation is 1. The van der Waals surface area contributed by atoms with Gasteiger partial charge in [-0.05, 0) is 24.6 Å². The van der Waals surface area contributed by atoms with E-state index in [1.165, 1.54) is 12.3 Å². The molecular formula is C11H8N4O5. The van der Waals surface area contributed by atoms with Crippen LogP contribution in [0.15, 0.2) is 35.4 Å². The molecule has 20 heavy (non-hydrogen) atoms. The Bertz CT molecular complexity index is 768. The molecule has 0 bridgehead atoms. The zero-order chi connectivity index (χ0) is 14.9. The molecule has 0 amide bonds. The summed E-state index contributed by atoms with van der Waals surface area (Å²) in [6.45, 7) is 1.74.